The van der Waals surface area contributed by atoms with Crippen molar-refractivity contribution in [1.29, 1.82) is 0 Å². The van der Waals surface area contributed by atoms with Gasteiger partial charge in [-0.15, -0.1) is 0 Å². The lowest BCUT2D eigenvalue weighted by molar-refractivity contribution is 0.243. The Kier molecular flexibility index (Phi) is 6.08. The van der Waals surface area contributed by atoms with Crippen LogP contribution in [0.2, 0.25) is 0 Å². The molecule has 0 saturated heterocycles. The van der Waals surface area contributed by atoms with E-state index in [0.29, 0.717) is 11.0 Å². The average molecular weight is 251 g/mol. The highest BCUT2D eigenvalue weighted by atomic mass is 32.1. The van der Waals surface area contributed by atoms with Gasteiger partial charge in [0.1, 0.15) is 0 Å². The Bertz CT molecular complexity index is 340. The molecule has 0 bridgehead atoms. The highest BCUT2D eigenvalue weighted by Crippen LogP contribution is 2.08. The molecule has 1 atom stereocenters. The van der Waals surface area contributed by atoms with Crippen molar-refractivity contribution in [3.8, 4) is 0 Å². The van der Waals surface area contributed by atoms with Gasteiger partial charge in [0.15, 0.2) is 0 Å². The molecule has 0 radical (unpaired) electrons. The maximum absolute atomic E-state index is 5.61. The molecule has 0 aliphatic rings. The number of hydrogen-bond acceptors (Lipinski definition) is 3. The van der Waals surface area contributed by atoms with Crippen LogP contribution < -0.4 is 5.73 Å². The van der Waals surface area contributed by atoms with E-state index >= 15 is 0 Å². The monoisotopic (exact) mass is 251 g/mol. The Morgan fingerprint density at radius 3 is 2.82 bits per heavy atom. The van der Waals surface area contributed by atoms with Crippen molar-refractivity contribution in [3.63, 3.8) is 0 Å². The minimum Gasteiger partial charge on any atom is -0.393 e. The molecule has 1 heterocycles. The number of pyridine rings is 1. The van der Waals surface area contributed by atoms with Gasteiger partial charge in [-0.25, -0.2) is 0 Å². The van der Waals surface area contributed by atoms with Gasteiger partial charge in [-0.2, -0.15) is 0 Å². The van der Waals surface area contributed by atoms with Crippen molar-refractivity contribution in [1.82, 2.24) is 9.88 Å². The van der Waals surface area contributed by atoms with E-state index in [2.05, 4.69) is 29.9 Å². The zero-order valence-electron chi connectivity index (χ0n) is 10.6. The van der Waals surface area contributed by atoms with E-state index in [9.17, 15) is 0 Å². The molecule has 0 spiro atoms. The number of hydrogen-bond donors (Lipinski definition) is 1. The molecular formula is C13H21N3S. The first-order chi connectivity index (χ1) is 8.13. The van der Waals surface area contributed by atoms with E-state index in [0.717, 1.165) is 31.5 Å². The molecule has 0 saturated carbocycles. The molecule has 1 unspecified atom stereocenters. The molecule has 1 aromatic rings. The Labute approximate surface area is 109 Å². The van der Waals surface area contributed by atoms with Crippen molar-refractivity contribution in [2.75, 3.05) is 13.6 Å². The number of nitrogens with two attached hydrogens (primary N) is 1. The van der Waals surface area contributed by atoms with Gasteiger partial charge in [0.25, 0.3) is 0 Å². The van der Waals surface area contributed by atoms with Crippen LogP contribution in [0.4, 0.5) is 0 Å². The van der Waals surface area contributed by atoms with Crippen molar-refractivity contribution < 1.29 is 0 Å². The van der Waals surface area contributed by atoms with Crippen LogP contribution in [0.5, 0.6) is 0 Å². The van der Waals surface area contributed by atoms with Crippen LogP contribution >= 0.6 is 12.2 Å². The molecule has 4 heteroatoms. The van der Waals surface area contributed by atoms with Crippen molar-refractivity contribution in [3.05, 3.63) is 30.1 Å². The highest BCUT2D eigenvalue weighted by molar-refractivity contribution is 7.80. The third kappa shape index (κ3) is 5.24. The fraction of sp³-hybridized carbons (Fsp3) is 0.538. The third-order valence-corrected chi connectivity index (χ3v) is 3.14. The molecule has 2 N–H and O–H groups in total. The van der Waals surface area contributed by atoms with Gasteiger partial charge < -0.3 is 10.6 Å². The summed E-state index contributed by atoms with van der Waals surface area (Å²) in [7, 11) is 2.12. The second-order valence-corrected chi connectivity index (χ2v) is 4.81. The summed E-state index contributed by atoms with van der Waals surface area (Å²) in [5.41, 5.74) is 6.74. The Morgan fingerprint density at radius 2 is 2.29 bits per heavy atom. The van der Waals surface area contributed by atoms with Gasteiger partial charge >= 0.3 is 0 Å². The summed E-state index contributed by atoms with van der Waals surface area (Å²) in [5, 5.41) is 0. The summed E-state index contributed by atoms with van der Waals surface area (Å²) >= 11 is 4.97. The van der Waals surface area contributed by atoms with Gasteiger partial charge in [-0.3, -0.25) is 4.98 Å². The minimum atomic E-state index is 0.441. The second-order valence-electron chi connectivity index (χ2n) is 4.28. The molecule has 0 aliphatic carbocycles. The summed E-state index contributed by atoms with van der Waals surface area (Å²) in [4.78, 5) is 7.23. The van der Waals surface area contributed by atoms with Crippen LogP contribution in [0.15, 0.2) is 24.4 Å². The molecule has 0 aliphatic heterocycles. The second kappa shape index (κ2) is 7.35. The normalized spacial score (nSPS) is 12.6. The number of rotatable bonds is 7. The third-order valence-electron chi connectivity index (χ3n) is 2.98. The molecule has 94 valence electrons. The lowest BCUT2D eigenvalue weighted by Gasteiger charge is -2.26. The van der Waals surface area contributed by atoms with Gasteiger partial charge in [-0.1, -0.05) is 25.2 Å². The van der Waals surface area contributed by atoms with Gasteiger partial charge in [-0.05, 0) is 25.6 Å². The predicted molar refractivity (Wildman–Crippen MR) is 76.1 cm³/mol. The molecule has 17 heavy (non-hydrogen) atoms. The smallest absolute Gasteiger partial charge is 0.0743 e. The molecule has 0 fully saturated rings. The summed E-state index contributed by atoms with van der Waals surface area (Å²) in [6, 6.07) is 6.46. The lowest BCUT2D eigenvalue weighted by atomic mass is 10.1. The van der Waals surface area contributed by atoms with Crippen molar-refractivity contribution in [2.45, 2.75) is 32.2 Å². The minimum absolute atomic E-state index is 0.441. The van der Waals surface area contributed by atoms with Crippen LogP contribution in [0.1, 0.15) is 25.5 Å². The molecule has 1 aromatic heterocycles. The fourth-order valence-corrected chi connectivity index (χ4v) is 2.06. The van der Waals surface area contributed by atoms with Crippen LogP contribution in [0.25, 0.3) is 0 Å². The van der Waals surface area contributed by atoms with Crippen LogP contribution in [-0.2, 0) is 6.42 Å². The molecule has 1 rings (SSSR count). The van der Waals surface area contributed by atoms with Crippen LogP contribution in [0.3, 0.4) is 0 Å². The first-order valence-electron chi connectivity index (χ1n) is 6.02. The van der Waals surface area contributed by atoms with Gasteiger partial charge in [0.2, 0.25) is 0 Å². The van der Waals surface area contributed by atoms with Crippen molar-refractivity contribution in [2.24, 2.45) is 5.73 Å². The Hall–Kier alpha value is -1.00. The molecular weight excluding hydrogens is 230 g/mol. The highest BCUT2D eigenvalue weighted by Gasteiger charge is 2.13. The first kappa shape index (κ1) is 14.1. The largest absolute Gasteiger partial charge is 0.393 e. The molecule has 0 amide bonds. The van der Waals surface area contributed by atoms with E-state index < -0.39 is 0 Å². The maximum atomic E-state index is 5.61. The Morgan fingerprint density at radius 1 is 1.53 bits per heavy atom. The fourth-order valence-electron chi connectivity index (χ4n) is 1.86. The average Bonchev–Trinajstić information content (AvgIpc) is 2.34. The van der Waals surface area contributed by atoms with E-state index in [-0.39, 0.29) is 0 Å². The number of aromatic nitrogens is 1. The van der Waals surface area contributed by atoms with Gasteiger partial charge in [0.05, 0.1) is 4.99 Å². The van der Waals surface area contributed by atoms with E-state index in [1.807, 2.05) is 18.3 Å². The zero-order valence-corrected chi connectivity index (χ0v) is 11.4. The standard InChI is InChI=1S/C13H21N3S/c1-3-12(10-13(14)17)16(2)9-7-11-6-4-5-8-15-11/h4-6,8,12H,3,7,9-10H2,1-2H3,(H2,14,17). The van der Waals surface area contributed by atoms with E-state index in [4.69, 9.17) is 18.0 Å². The van der Waals surface area contributed by atoms with Crippen LogP contribution in [-0.4, -0.2) is 34.5 Å². The molecule has 3 nitrogen and oxygen atoms in total. The number of thiocarbonyl (C=S) groups is 1. The topological polar surface area (TPSA) is 42.1 Å². The summed E-state index contributed by atoms with van der Waals surface area (Å²) in [6.07, 6.45) is 4.66. The number of nitrogens with zero attached hydrogens (tertiary/aromatic N) is 2. The van der Waals surface area contributed by atoms with E-state index in [1.54, 1.807) is 0 Å². The maximum Gasteiger partial charge on any atom is 0.0743 e. The van der Waals surface area contributed by atoms with Gasteiger partial charge in [0, 0.05) is 37.3 Å². The lowest BCUT2D eigenvalue weighted by Crippen LogP contribution is -2.35. The Balaban J connectivity index is 2.42. The first-order valence-corrected chi connectivity index (χ1v) is 6.42. The molecule has 0 aromatic carbocycles. The van der Waals surface area contributed by atoms with Crippen LogP contribution in [0, 0.1) is 0 Å². The quantitative estimate of drug-likeness (QED) is 0.753. The summed E-state index contributed by atoms with van der Waals surface area (Å²) < 4.78 is 0. The summed E-state index contributed by atoms with van der Waals surface area (Å²) in [5.74, 6) is 0. The van der Waals surface area contributed by atoms with E-state index in [1.165, 1.54) is 0 Å². The predicted octanol–water partition coefficient (Wildman–Crippen LogP) is 2.01. The number of likely N-dealkylation sites (N-methyl/N-ethyl adjacent to an activating group) is 1. The SMILES string of the molecule is CCC(CC(N)=S)N(C)CCc1ccccn1. The summed E-state index contributed by atoms with van der Waals surface area (Å²) in [6.45, 7) is 3.15. The zero-order chi connectivity index (χ0) is 12.7. The van der Waals surface area contributed by atoms with Crippen molar-refractivity contribution >= 4 is 17.2 Å².